The normalized spacial score (nSPS) is 33.5. The first-order valence-electron chi connectivity index (χ1n) is 8.86. The lowest BCUT2D eigenvalue weighted by Crippen LogP contribution is -2.44. The van der Waals surface area contributed by atoms with Gasteiger partial charge in [0.2, 0.25) is 0 Å². The van der Waals surface area contributed by atoms with Crippen LogP contribution in [0.5, 0.6) is 0 Å². The summed E-state index contributed by atoms with van der Waals surface area (Å²) >= 11 is 1.74. The quantitative estimate of drug-likeness (QED) is 0.838. The fourth-order valence-electron chi connectivity index (χ4n) is 4.24. The minimum Gasteiger partial charge on any atom is -0.377 e. The minimum atomic E-state index is -0.0991. The topological polar surface area (TPSA) is 37.8 Å². The van der Waals surface area contributed by atoms with Crippen LogP contribution in [-0.4, -0.2) is 72.9 Å². The smallest absolute Gasteiger partial charge is 0.107 e. The van der Waals surface area contributed by atoms with Gasteiger partial charge in [0.15, 0.2) is 0 Å². The summed E-state index contributed by atoms with van der Waals surface area (Å²) in [5.41, 5.74) is -0.0991. The van der Waals surface area contributed by atoms with Gasteiger partial charge in [0.1, 0.15) is 10.6 Å². The summed E-state index contributed by atoms with van der Waals surface area (Å²) < 4.78 is 12.2. The van der Waals surface area contributed by atoms with Gasteiger partial charge < -0.3 is 14.4 Å². The van der Waals surface area contributed by atoms with Gasteiger partial charge in [-0.3, -0.25) is 4.90 Å². The molecule has 0 unspecified atom stereocenters. The summed E-state index contributed by atoms with van der Waals surface area (Å²) in [6.45, 7) is 9.06. The molecule has 5 nitrogen and oxygen atoms in total. The van der Waals surface area contributed by atoms with E-state index in [2.05, 4.69) is 20.2 Å². The first-order valence-corrected chi connectivity index (χ1v) is 9.74. The zero-order chi connectivity index (χ0) is 15.5. The van der Waals surface area contributed by atoms with E-state index in [-0.39, 0.29) is 5.60 Å². The van der Waals surface area contributed by atoms with E-state index in [9.17, 15) is 0 Å². The lowest BCUT2D eigenvalue weighted by atomic mass is 9.94. The molecular weight excluding hydrogens is 310 g/mol. The van der Waals surface area contributed by atoms with Crippen molar-refractivity contribution in [1.82, 2.24) is 14.8 Å². The molecule has 2 atom stereocenters. The molecular formula is C17H27N3O2S. The SMILES string of the molecule is c1csc(CN2CCOC[C@@]3(C[C@H](CN4CCCC4)CO3)C2)n1. The van der Waals surface area contributed by atoms with Crippen LogP contribution in [0.25, 0.3) is 0 Å². The van der Waals surface area contributed by atoms with Crippen molar-refractivity contribution in [2.24, 2.45) is 5.92 Å². The largest absolute Gasteiger partial charge is 0.377 e. The zero-order valence-electron chi connectivity index (χ0n) is 13.8. The summed E-state index contributed by atoms with van der Waals surface area (Å²) in [5, 5.41) is 3.24. The molecule has 4 heterocycles. The Balaban J connectivity index is 1.36. The van der Waals surface area contributed by atoms with E-state index in [1.165, 1.54) is 37.5 Å². The Kier molecular flexibility index (Phi) is 4.96. The molecule has 1 aromatic heterocycles. The highest BCUT2D eigenvalue weighted by molar-refractivity contribution is 7.09. The third-order valence-corrected chi connectivity index (χ3v) is 6.04. The summed E-state index contributed by atoms with van der Waals surface area (Å²) in [7, 11) is 0. The van der Waals surface area contributed by atoms with Crippen LogP contribution < -0.4 is 0 Å². The summed E-state index contributed by atoms with van der Waals surface area (Å²) in [4.78, 5) is 9.50. The Morgan fingerprint density at radius 2 is 2.17 bits per heavy atom. The van der Waals surface area contributed by atoms with Crippen molar-refractivity contribution in [2.75, 3.05) is 52.5 Å². The number of thiazole rings is 1. The highest BCUT2D eigenvalue weighted by Crippen LogP contribution is 2.34. The second-order valence-electron chi connectivity index (χ2n) is 7.26. The van der Waals surface area contributed by atoms with Crippen LogP contribution in [0, 0.1) is 5.92 Å². The maximum Gasteiger partial charge on any atom is 0.107 e. The molecule has 3 aliphatic heterocycles. The number of nitrogens with zero attached hydrogens (tertiary/aromatic N) is 3. The molecule has 0 saturated carbocycles. The van der Waals surface area contributed by atoms with Gasteiger partial charge in [-0.25, -0.2) is 4.98 Å². The van der Waals surface area contributed by atoms with E-state index in [1.807, 2.05) is 6.20 Å². The summed E-state index contributed by atoms with van der Waals surface area (Å²) in [6, 6.07) is 0. The summed E-state index contributed by atoms with van der Waals surface area (Å²) in [6.07, 6.45) is 5.76. The molecule has 0 aromatic carbocycles. The van der Waals surface area contributed by atoms with E-state index in [0.717, 1.165) is 45.9 Å². The molecule has 0 N–H and O–H groups in total. The van der Waals surface area contributed by atoms with Crippen molar-refractivity contribution in [3.8, 4) is 0 Å². The third kappa shape index (κ3) is 3.94. The Hall–Kier alpha value is -0.530. The van der Waals surface area contributed by atoms with Crippen molar-refractivity contribution in [3.63, 3.8) is 0 Å². The lowest BCUT2D eigenvalue weighted by Gasteiger charge is -2.31. The molecule has 0 bridgehead atoms. The monoisotopic (exact) mass is 337 g/mol. The molecule has 3 fully saturated rings. The standard InChI is InChI=1S/C17H27N3O2S/c1-2-5-19(4-1)10-15-9-17(22-12-15)13-20(6-7-21-14-17)11-16-18-3-8-23-16/h3,8,15H,1-2,4-7,9-14H2/t15-,17-/m1/s1. The molecule has 3 aliphatic rings. The van der Waals surface area contributed by atoms with Crippen LogP contribution in [0.1, 0.15) is 24.3 Å². The van der Waals surface area contributed by atoms with Crippen LogP contribution in [0.4, 0.5) is 0 Å². The number of hydrogen-bond acceptors (Lipinski definition) is 6. The second-order valence-corrected chi connectivity index (χ2v) is 8.24. The van der Waals surface area contributed by atoms with E-state index in [0.29, 0.717) is 5.92 Å². The van der Waals surface area contributed by atoms with Crippen LogP contribution in [0.15, 0.2) is 11.6 Å². The fourth-order valence-corrected chi connectivity index (χ4v) is 4.90. The van der Waals surface area contributed by atoms with E-state index >= 15 is 0 Å². The molecule has 0 amide bonds. The van der Waals surface area contributed by atoms with Crippen molar-refractivity contribution >= 4 is 11.3 Å². The van der Waals surface area contributed by atoms with Gasteiger partial charge in [0, 0.05) is 31.2 Å². The molecule has 3 saturated heterocycles. The van der Waals surface area contributed by atoms with Gasteiger partial charge in [-0.05, 0) is 38.3 Å². The predicted octanol–water partition coefficient (Wildman–Crippen LogP) is 1.85. The molecule has 1 spiro atoms. The Labute approximate surface area is 142 Å². The van der Waals surface area contributed by atoms with Crippen LogP contribution in [-0.2, 0) is 16.0 Å². The molecule has 4 rings (SSSR count). The van der Waals surface area contributed by atoms with E-state index in [4.69, 9.17) is 9.47 Å². The van der Waals surface area contributed by atoms with Crippen molar-refractivity contribution in [3.05, 3.63) is 16.6 Å². The van der Waals surface area contributed by atoms with Gasteiger partial charge >= 0.3 is 0 Å². The minimum absolute atomic E-state index is 0.0991. The van der Waals surface area contributed by atoms with Gasteiger partial charge in [-0.1, -0.05) is 0 Å². The fraction of sp³-hybridized carbons (Fsp3) is 0.824. The first kappa shape index (κ1) is 16.0. The first-order chi connectivity index (χ1) is 11.3. The molecule has 1 aromatic rings. The second kappa shape index (κ2) is 7.15. The van der Waals surface area contributed by atoms with Crippen LogP contribution in [0.3, 0.4) is 0 Å². The predicted molar refractivity (Wildman–Crippen MR) is 90.7 cm³/mol. The average Bonchev–Trinajstić information content (AvgIpc) is 3.25. The number of aromatic nitrogens is 1. The third-order valence-electron chi connectivity index (χ3n) is 5.27. The average molecular weight is 337 g/mol. The van der Waals surface area contributed by atoms with Gasteiger partial charge in [0.05, 0.1) is 26.4 Å². The Morgan fingerprint density at radius 3 is 3.00 bits per heavy atom. The number of rotatable bonds is 4. The zero-order valence-corrected chi connectivity index (χ0v) is 14.6. The highest BCUT2D eigenvalue weighted by atomic mass is 32.1. The van der Waals surface area contributed by atoms with Crippen molar-refractivity contribution in [1.29, 1.82) is 0 Å². The molecule has 128 valence electrons. The molecule has 0 radical (unpaired) electrons. The van der Waals surface area contributed by atoms with Gasteiger partial charge in [-0.2, -0.15) is 0 Å². The van der Waals surface area contributed by atoms with E-state index in [1.54, 1.807) is 11.3 Å². The Morgan fingerprint density at radius 1 is 1.26 bits per heavy atom. The highest BCUT2D eigenvalue weighted by Gasteiger charge is 2.43. The van der Waals surface area contributed by atoms with E-state index < -0.39 is 0 Å². The molecule has 0 aliphatic carbocycles. The maximum absolute atomic E-state index is 6.32. The maximum atomic E-state index is 6.32. The molecule has 6 heteroatoms. The number of hydrogen-bond donors (Lipinski definition) is 0. The van der Waals surface area contributed by atoms with Crippen molar-refractivity contribution in [2.45, 2.75) is 31.4 Å². The number of likely N-dealkylation sites (tertiary alicyclic amines) is 1. The lowest BCUT2D eigenvalue weighted by molar-refractivity contribution is -0.0563. The van der Waals surface area contributed by atoms with Crippen LogP contribution >= 0.6 is 11.3 Å². The number of ether oxygens (including phenoxy) is 2. The van der Waals surface area contributed by atoms with Gasteiger partial charge in [-0.15, -0.1) is 11.3 Å². The summed E-state index contributed by atoms with van der Waals surface area (Å²) in [5.74, 6) is 0.663. The van der Waals surface area contributed by atoms with Crippen LogP contribution in [0.2, 0.25) is 0 Å². The molecule has 23 heavy (non-hydrogen) atoms. The van der Waals surface area contributed by atoms with Crippen molar-refractivity contribution < 1.29 is 9.47 Å². The van der Waals surface area contributed by atoms with Gasteiger partial charge in [0.25, 0.3) is 0 Å². The Bertz CT molecular complexity index is 492.